The number of rotatable bonds is 5. The molecule has 2 aromatic rings. The molecule has 0 saturated carbocycles. The van der Waals surface area contributed by atoms with E-state index in [4.69, 9.17) is 4.84 Å². The summed E-state index contributed by atoms with van der Waals surface area (Å²) in [6.45, 7) is 12.6. The van der Waals surface area contributed by atoms with Crippen LogP contribution in [0.5, 0.6) is 0 Å². The summed E-state index contributed by atoms with van der Waals surface area (Å²) >= 11 is 0. The smallest absolute Gasteiger partial charge is 0.0657 e. The molecular formula is C19H27NO. The van der Waals surface area contributed by atoms with Crippen molar-refractivity contribution < 1.29 is 4.84 Å². The lowest BCUT2D eigenvalue weighted by molar-refractivity contribution is -0.205. The predicted octanol–water partition coefficient (Wildman–Crippen LogP) is 5.03. The van der Waals surface area contributed by atoms with Crippen molar-refractivity contribution in [1.29, 1.82) is 0 Å². The van der Waals surface area contributed by atoms with E-state index in [0.29, 0.717) is 12.6 Å². The first-order valence-electron chi connectivity index (χ1n) is 7.79. The Labute approximate surface area is 128 Å². The van der Waals surface area contributed by atoms with Gasteiger partial charge in [-0.05, 0) is 41.7 Å². The van der Waals surface area contributed by atoms with Gasteiger partial charge >= 0.3 is 0 Å². The van der Waals surface area contributed by atoms with E-state index in [-0.39, 0.29) is 5.41 Å². The lowest BCUT2D eigenvalue weighted by atomic mass is 9.87. The first kappa shape index (κ1) is 16.0. The van der Waals surface area contributed by atoms with Crippen molar-refractivity contribution in [2.75, 3.05) is 6.61 Å². The Kier molecular flexibility index (Phi) is 5.02. The number of benzene rings is 2. The van der Waals surface area contributed by atoms with Crippen LogP contribution >= 0.6 is 0 Å². The number of hydrogen-bond acceptors (Lipinski definition) is 2. The minimum Gasteiger partial charge on any atom is -0.299 e. The highest BCUT2D eigenvalue weighted by Gasteiger charge is 2.27. The molecule has 2 nitrogen and oxygen atoms in total. The van der Waals surface area contributed by atoms with Crippen LogP contribution in [0.25, 0.3) is 10.8 Å². The second kappa shape index (κ2) is 6.59. The number of nitrogens with zero attached hydrogens (tertiary/aromatic N) is 1. The Morgan fingerprint density at radius 2 is 1.71 bits per heavy atom. The fourth-order valence-corrected chi connectivity index (χ4v) is 2.41. The van der Waals surface area contributed by atoms with Gasteiger partial charge in [-0.3, -0.25) is 4.84 Å². The molecule has 0 fully saturated rings. The molecule has 0 aromatic heterocycles. The van der Waals surface area contributed by atoms with Crippen LogP contribution in [0.1, 0.15) is 40.2 Å². The second-order valence-corrected chi connectivity index (χ2v) is 6.72. The summed E-state index contributed by atoms with van der Waals surface area (Å²) in [6.07, 6.45) is 0. The van der Waals surface area contributed by atoms with Gasteiger partial charge in [-0.15, -0.1) is 0 Å². The molecule has 0 bridgehead atoms. The molecule has 2 heteroatoms. The van der Waals surface area contributed by atoms with E-state index in [9.17, 15) is 0 Å². The fraction of sp³-hybridized carbons (Fsp3) is 0.474. The van der Waals surface area contributed by atoms with Crippen LogP contribution in [0.2, 0.25) is 0 Å². The number of hydroxylamine groups is 2. The van der Waals surface area contributed by atoms with Gasteiger partial charge in [0.05, 0.1) is 6.61 Å². The van der Waals surface area contributed by atoms with E-state index in [1.54, 1.807) is 0 Å². The van der Waals surface area contributed by atoms with Crippen LogP contribution in [-0.2, 0) is 11.4 Å². The first-order chi connectivity index (χ1) is 9.91. The van der Waals surface area contributed by atoms with Crippen molar-refractivity contribution in [1.82, 2.24) is 5.06 Å². The van der Waals surface area contributed by atoms with Crippen molar-refractivity contribution >= 4 is 10.8 Å². The van der Waals surface area contributed by atoms with Crippen molar-refractivity contribution in [3.05, 3.63) is 48.0 Å². The minimum atomic E-state index is 0.187. The standard InChI is InChI=1S/C19H27NO/c1-6-21-20(15(2)19(3,4)5)14-16-11-12-17-9-7-8-10-18(17)13-16/h7-13,15H,6,14H2,1-5H3. The molecule has 0 aliphatic carbocycles. The summed E-state index contributed by atoms with van der Waals surface area (Å²) in [5, 5.41) is 4.69. The minimum absolute atomic E-state index is 0.187. The van der Waals surface area contributed by atoms with Crippen LogP contribution in [0.4, 0.5) is 0 Å². The first-order valence-corrected chi connectivity index (χ1v) is 7.79. The molecule has 21 heavy (non-hydrogen) atoms. The molecule has 0 amide bonds. The zero-order valence-corrected chi connectivity index (χ0v) is 13.9. The molecule has 0 aliphatic rings. The van der Waals surface area contributed by atoms with Crippen LogP contribution in [0.3, 0.4) is 0 Å². The van der Waals surface area contributed by atoms with Crippen LogP contribution in [0.15, 0.2) is 42.5 Å². The zero-order valence-electron chi connectivity index (χ0n) is 13.9. The van der Waals surface area contributed by atoms with Gasteiger partial charge in [0.25, 0.3) is 0 Å². The van der Waals surface area contributed by atoms with Crippen molar-refractivity contribution in [2.45, 2.75) is 47.2 Å². The number of fused-ring (bicyclic) bond motifs is 1. The van der Waals surface area contributed by atoms with Crippen molar-refractivity contribution in [2.24, 2.45) is 5.41 Å². The van der Waals surface area contributed by atoms with Gasteiger partial charge in [-0.1, -0.05) is 57.2 Å². The van der Waals surface area contributed by atoms with Gasteiger partial charge < -0.3 is 0 Å². The van der Waals surface area contributed by atoms with Crippen LogP contribution in [0, 0.1) is 5.41 Å². The molecule has 0 N–H and O–H groups in total. The van der Waals surface area contributed by atoms with Crippen molar-refractivity contribution in [3.8, 4) is 0 Å². The van der Waals surface area contributed by atoms with E-state index in [1.165, 1.54) is 16.3 Å². The van der Waals surface area contributed by atoms with E-state index < -0.39 is 0 Å². The lowest BCUT2D eigenvalue weighted by Gasteiger charge is -2.36. The normalized spacial score (nSPS) is 13.8. The van der Waals surface area contributed by atoms with Gasteiger partial charge in [-0.2, -0.15) is 5.06 Å². The van der Waals surface area contributed by atoms with Gasteiger partial charge in [0, 0.05) is 12.6 Å². The third-order valence-corrected chi connectivity index (χ3v) is 4.13. The van der Waals surface area contributed by atoms with E-state index in [0.717, 1.165) is 6.54 Å². The maximum atomic E-state index is 5.88. The van der Waals surface area contributed by atoms with E-state index in [1.807, 2.05) is 6.92 Å². The van der Waals surface area contributed by atoms with Gasteiger partial charge in [0.2, 0.25) is 0 Å². The Morgan fingerprint density at radius 3 is 2.33 bits per heavy atom. The number of hydrogen-bond donors (Lipinski definition) is 0. The average molecular weight is 285 g/mol. The Morgan fingerprint density at radius 1 is 1.05 bits per heavy atom. The SMILES string of the molecule is CCON(Cc1ccc2ccccc2c1)C(C)C(C)(C)C. The third kappa shape index (κ3) is 4.05. The average Bonchev–Trinajstić information content (AvgIpc) is 2.45. The summed E-state index contributed by atoms with van der Waals surface area (Å²) in [5.41, 5.74) is 1.48. The predicted molar refractivity (Wildman–Crippen MR) is 90.0 cm³/mol. The molecule has 1 atom stereocenters. The molecule has 0 radical (unpaired) electrons. The van der Waals surface area contributed by atoms with Gasteiger partial charge in [-0.25, -0.2) is 0 Å². The highest BCUT2D eigenvalue weighted by molar-refractivity contribution is 5.82. The highest BCUT2D eigenvalue weighted by atomic mass is 16.7. The molecule has 0 spiro atoms. The molecule has 1 unspecified atom stereocenters. The molecule has 114 valence electrons. The zero-order chi connectivity index (χ0) is 15.5. The Hall–Kier alpha value is -1.38. The highest BCUT2D eigenvalue weighted by Crippen LogP contribution is 2.26. The van der Waals surface area contributed by atoms with Crippen molar-refractivity contribution in [3.63, 3.8) is 0 Å². The monoisotopic (exact) mass is 285 g/mol. The molecule has 0 aliphatic heterocycles. The maximum Gasteiger partial charge on any atom is 0.0657 e. The maximum absolute atomic E-state index is 5.88. The summed E-state index contributed by atoms with van der Waals surface area (Å²) in [4.78, 5) is 5.88. The van der Waals surface area contributed by atoms with Gasteiger partial charge in [0.15, 0.2) is 0 Å². The quantitative estimate of drug-likeness (QED) is 0.715. The third-order valence-electron chi connectivity index (χ3n) is 4.13. The summed E-state index contributed by atoms with van der Waals surface area (Å²) in [7, 11) is 0. The molecule has 2 rings (SSSR count). The second-order valence-electron chi connectivity index (χ2n) is 6.72. The van der Waals surface area contributed by atoms with Crippen LogP contribution in [-0.4, -0.2) is 17.7 Å². The van der Waals surface area contributed by atoms with E-state index in [2.05, 4.69) is 75.2 Å². The summed E-state index contributed by atoms with van der Waals surface area (Å²) in [5.74, 6) is 0. The largest absolute Gasteiger partial charge is 0.299 e. The lowest BCUT2D eigenvalue weighted by Crippen LogP contribution is -2.41. The Bertz CT molecular complexity index is 585. The molecular weight excluding hydrogens is 258 g/mol. The van der Waals surface area contributed by atoms with Gasteiger partial charge in [0.1, 0.15) is 0 Å². The topological polar surface area (TPSA) is 12.5 Å². The molecule has 2 aromatic carbocycles. The van der Waals surface area contributed by atoms with Crippen LogP contribution < -0.4 is 0 Å². The molecule has 0 saturated heterocycles. The molecule has 0 heterocycles. The summed E-state index contributed by atoms with van der Waals surface area (Å²) < 4.78 is 0. The fourth-order valence-electron chi connectivity index (χ4n) is 2.41. The van der Waals surface area contributed by atoms with E-state index >= 15 is 0 Å². The summed E-state index contributed by atoms with van der Waals surface area (Å²) in [6, 6.07) is 15.5. The Balaban J connectivity index is 2.22.